The molecule has 0 radical (unpaired) electrons. The summed E-state index contributed by atoms with van der Waals surface area (Å²) < 4.78 is 0. The van der Waals surface area contributed by atoms with Crippen molar-refractivity contribution >= 4 is 11.6 Å². The molecule has 0 aliphatic heterocycles. The molecular weight excluding hydrogens is 432 g/mol. The standard InChI is InChI=1S/C32H40O3/c1-3-22-18-28-23(19-29(22)34)13-15-27-26(28)16-17-32(2)30(35)20-24(31(27)32)10-7-11-25(33)14-12-21-8-5-4-6-9-21/h4-6,8-9,18-19,24,26-27,31,34H,3,7,10-17,20H2,1-2H3/t24-,26+,27-,31+,32-/m1/s1. The van der Waals surface area contributed by atoms with Crippen LogP contribution in [0.3, 0.4) is 0 Å². The number of phenols is 1. The molecule has 3 aliphatic rings. The van der Waals surface area contributed by atoms with Crippen LogP contribution < -0.4 is 0 Å². The molecule has 0 aromatic heterocycles. The van der Waals surface area contributed by atoms with Crippen molar-refractivity contribution in [1.82, 2.24) is 0 Å². The quantitative estimate of drug-likeness (QED) is 0.451. The second kappa shape index (κ2) is 9.91. The van der Waals surface area contributed by atoms with Crippen LogP contribution in [0.5, 0.6) is 5.75 Å². The van der Waals surface area contributed by atoms with Gasteiger partial charge in [0.2, 0.25) is 0 Å². The van der Waals surface area contributed by atoms with Crippen molar-refractivity contribution in [2.45, 2.75) is 90.4 Å². The fourth-order valence-electron chi connectivity index (χ4n) is 7.88. The number of benzene rings is 2. The first-order chi connectivity index (χ1) is 16.9. The van der Waals surface area contributed by atoms with Gasteiger partial charge in [0.1, 0.15) is 17.3 Å². The normalized spacial score (nSPS) is 29.4. The average Bonchev–Trinajstić information content (AvgIpc) is 3.12. The van der Waals surface area contributed by atoms with E-state index in [4.69, 9.17) is 0 Å². The summed E-state index contributed by atoms with van der Waals surface area (Å²) in [5, 5.41) is 10.4. The Morgan fingerprint density at radius 3 is 2.69 bits per heavy atom. The molecule has 0 saturated heterocycles. The summed E-state index contributed by atoms with van der Waals surface area (Å²) >= 11 is 0. The number of aryl methyl sites for hydroxylation is 3. The van der Waals surface area contributed by atoms with Gasteiger partial charge in [-0.3, -0.25) is 9.59 Å². The van der Waals surface area contributed by atoms with E-state index in [1.165, 1.54) is 16.7 Å². The average molecular weight is 473 g/mol. The van der Waals surface area contributed by atoms with E-state index in [-0.39, 0.29) is 5.41 Å². The van der Waals surface area contributed by atoms with E-state index >= 15 is 0 Å². The molecule has 2 saturated carbocycles. The molecule has 0 bridgehead atoms. The van der Waals surface area contributed by atoms with Crippen LogP contribution in [0.2, 0.25) is 0 Å². The van der Waals surface area contributed by atoms with Gasteiger partial charge in [-0.25, -0.2) is 0 Å². The molecule has 0 heterocycles. The van der Waals surface area contributed by atoms with Crippen molar-refractivity contribution in [3.05, 3.63) is 64.7 Å². The fraction of sp³-hybridized carbons (Fsp3) is 0.562. The summed E-state index contributed by atoms with van der Waals surface area (Å²) in [6.07, 6.45) is 9.68. The highest BCUT2D eigenvalue weighted by molar-refractivity contribution is 5.87. The van der Waals surface area contributed by atoms with Gasteiger partial charge in [-0.2, -0.15) is 0 Å². The summed E-state index contributed by atoms with van der Waals surface area (Å²) in [5.41, 5.74) is 4.83. The first-order valence-electron chi connectivity index (χ1n) is 13.8. The third kappa shape index (κ3) is 4.59. The predicted molar refractivity (Wildman–Crippen MR) is 140 cm³/mol. The molecule has 3 nitrogen and oxygen atoms in total. The van der Waals surface area contributed by atoms with Crippen molar-refractivity contribution < 1.29 is 14.7 Å². The summed E-state index contributed by atoms with van der Waals surface area (Å²) in [5.74, 6) is 3.14. The first kappa shape index (κ1) is 24.3. The van der Waals surface area contributed by atoms with Crippen LogP contribution in [0.15, 0.2) is 42.5 Å². The smallest absolute Gasteiger partial charge is 0.139 e. The van der Waals surface area contributed by atoms with E-state index in [2.05, 4.69) is 32.0 Å². The lowest BCUT2D eigenvalue weighted by atomic mass is 9.54. The maximum Gasteiger partial charge on any atom is 0.139 e. The zero-order valence-corrected chi connectivity index (χ0v) is 21.4. The number of carbonyl (C=O) groups excluding carboxylic acids is 2. The predicted octanol–water partition coefficient (Wildman–Crippen LogP) is 6.98. The minimum atomic E-state index is -0.189. The van der Waals surface area contributed by atoms with Crippen LogP contribution in [-0.2, 0) is 28.9 Å². The first-order valence-corrected chi connectivity index (χ1v) is 13.8. The highest BCUT2D eigenvalue weighted by Gasteiger charge is 2.58. The second-order valence-electron chi connectivity index (χ2n) is 11.6. The minimum absolute atomic E-state index is 0.189. The molecule has 186 valence electrons. The van der Waals surface area contributed by atoms with E-state index in [1.807, 2.05) is 24.3 Å². The fourth-order valence-corrected chi connectivity index (χ4v) is 7.88. The molecule has 5 rings (SSSR count). The molecular formula is C32H40O3. The molecule has 0 unspecified atom stereocenters. The van der Waals surface area contributed by atoms with Gasteiger partial charge in [-0.1, -0.05) is 50.2 Å². The molecule has 2 fully saturated rings. The van der Waals surface area contributed by atoms with Gasteiger partial charge >= 0.3 is 0 Å². The van der Waals surface area contributed by atoms with Gasteiger partial charge < -0.3 is 5.11 Å². The van der Waals surface area contributed by atoms with Gasteiger partial charge in [0.15, 0.2) is 0 Å². The number of ketones is 2. The molecule has 0 amide bonds. The molecule has 5 atom stereocenters. The number of aromatic hydroxyl groups is 1. The molecule has 2 aromatic rings. The van der Waals surface area contributed by atoms with Gasteiger partial charge in [-0.05, 0) is 103 Å². The Labute approximate surface area is 210 Å². The van der Waals surface area contributed by atoms with E-state index in [0.717, 1.165) is 56.9 Å². The summed E-state index contributed by atoms with van der Waals surface area (Å²) in [6.45, 7) is 4.34. The number of hydrogen-bond acceptors (Lipinski definition) is 3. The maximum absolute atomic E-state index is 13.3. The molecule has 35 heavy (non-hydrogen) atoms. The van der Waals surface area contributed by atoms with Gasteiger partial charge in [0.25, 0.3) is 0 Å². The topological polar surface area (TPSA) is 54.4 Å². The van der Waals surface area contributed by atoms with Crippen LogP contribution in [-0.4, -0.2) is 16.7 Å². The third-order valence-corrected chi connectivity index (χ3v) is 9.71. The highest BCUT2D eigenvalue weighted by Crippen LogP contribution is 2.62. The van der Waals surface area contributed by atoms with E-state index in [9.17, 15) is 14.7 Å². The number of rotatable bonds is 8. The molecule has 0 spiro atoms. The van der Waals surface area contributed by atoms with Crippen molar-refractivity contribution in [3.8, 4) is 5.75 Å². The van der Waals surface area contributed by atoms with Gasteiger partial charge in [-0.15, -0.1) is 0 Å². The Balaban J connectivity index is 1.26. The minimum Gasteiger partial charge on any atom is -0.508 e. The Kier molecular flexibility index (Phi) is 6.88. The van der Waals surface area contributed by atoms with Crippen molar-refractivity contribution in [2.75, 3.05) is 0 Å². The lowest BCUT2D eigenvalue weighted by molar-refractivity contribution is -0.129. The van der Waals surface area contributed by atoms with Crippen LogP contribution in [0.25, 0.3) is 0 Å². The Morgan fingerprint density at radius 1 is 1.11 bits per heavy atom. The summed E-state index contributed by atoms with van der Waals surface area (Å²) in [6, 6.07) is 14.5. The molecule has 1 N–H and O–H groups in total. The lowest BCUT2D eigenvalue weighted by Gasteiger charge is -2.50. The van der Waals surface area contributed by atoms with Gasteiger partial charge in [0, 0.05) is 24.7 Å². The van der Waals surface area contributed by atoms with Crippen molar-refractivity contribution in [3.63, 3.8) is 0 Å². The number of fused-ring (bicyclic) bond motifs is 5. The largest absolute Gasteiger partial charge is 0.508 e. The summed E-state index contributed by atoms with van der Waals surface area (Å²) in [4.78, 5) is 25.8. The maximum atomic E-state index is 13.3. The number of Topliss-reactive ketones (excluding diaryl/α,β-unsaturated/α-hetero) is 2. The van der Waals surface area contributed by atoms with Crippen LogP contribution in [0.1, 0.15) is 93.4 Å². The zero-order valence-electron chi connectivity index (χ0n) is 21.4. The van der Waals surface area contributed by atoms with Crippen LogP contribution in [0.4, 0.5) is 0 Å². The lowest BCUT2D eigenvalue weighted by Crippen LogP contribution is -2.44. The Bertz CT molecular complexity index is 1090. The van der Waals surface area contributed by atoms with E-state index < -0.39 is 0 Å². The van der Waals surface area contributed by atoms with E-state index in [1.54, 1.807) is 0 Å². The molecule has 3 heteroatoms. The second-order valence-corrected chi connectivity index (χ2v) is 11.6. The van der Waals surface area contributed by atoms with Crippen molar-refractivity contribution in [1.29, 1.82) is 0 Å². The number of carbonyl (C=O) groups is 2. The van der Waals surface area contributed by atoms with Gasteiger partial charge in [0.05, 0.1) is 0 Å². The summed E-state index contributed by atoms with van der Waals surface area (Å²) in [7, 11) is 0. The SMILES string of the molecule is CCc1cc2c(cc1O)CC[C@H]1[C@@H]3[C@H](CCCC(=O)CCc4ccccc4)CC(=O)[C@@]3(C)CC[C@H]21. The van der Waals surface area contributed by atoms with Crippen molar-refractivity contribution in [2.24, 2.45) is 23.2 Å². The highest BCUT2D eigenvalue weighted by atomic mass is 16.3. The molecule has 3 aliphatic carbocycles. The number of hydrogen-bond donors (Lipinski definition) is 1. The zero-order chi connectivity index (χ0) is 24.6. The van der Waals surface area contributed by atoms with Crippen LogP contribution >= 0.6 is 0 Å². The monoisotopic (exact) mass is 472 g/mol. The van der Waals surface area contributed by atoms with E-state index in [0.29, 0.717) is 60.3 Å². The Hall–Kier alpha value is -2.42. The third-order valence-electron chi connectivity index (χ3n) is 9.71. The van der Waals surface area contributed by atoms with Crippen LogP contribution in [0, 0.1) is 23.2 Å². The molecule has 2 aromatic carbocycles. The number of phenolic OH excluding ortho intramolecular Hbond substituents is 1. The Morgan fingerprint density at radius 2 is 1.91 bits per heavy atom.